The highest BCUT2D eigenvalue weighted by molar-refractivity contribution is 6.32. The molecule has 0 radical (unpaired) electrons. The zero-order valence-electron chi connectivity index (χ0n) is 18.3. The van der Waals surface area contributed by atoms with Crippen molar-refractivity contribution in [1.29, 1.82) is 0 Å². The summed E-state index contributed by atoms with van der Waals surface area (Å²) in [6.07, 6.45) is 4.81. The average molecular weight is 443 g/mol. The molecule has 0 spiro atoms. The smallest absolute Gasteiger partial charge is 0.261 e. The molecule has 2 amide bonds. The fraction of sp³-hybridized carbons (Fsp3) is 0.440. The Morgan fingerprint density at radius 3 is 2.45 bits per heavy atom. The first kappa shape index (κ1) is 23.1. The van der Waals surface area contributed by atoms with Gasteiger partial charge in [0.25, 0.3) is 5.91 Å². The van der Waals surface area contributed by atoms with Crippen LogP contribution in [-0.4, -0.2) is 35.4 Å². The van der Waals surface area contributed by atoms with Crippen LogP contribution in [-0.2, 0) is 16.1 Å². The first-order valence-electron chi connectivity index (χ1n) is 11.0. The largest absolute Gasteiger partial charge is 0.482 e. The van der Waals surface area contributed by atoms with Crippen LogP contribution >= 0.6 is 11.6 Å². The number of rotatable bonds is 9. The molecule has 31 heavy (non-hydrogen) atoms. The Balaban J connectivity index is 1.76. The van der Waals surface area contributed by atoms with Gasteiger partial charge in [0, 0.05) is 12.6 Å². The molecule has 0 heterocycles. The molecule has 0 aromatic heterocycles. The van der Waals surface area contributed by atoms with Crippen LogP contribution in [0.1, 0.15) is 50.2 Å². The van der Waals surface area contributed by atoms with Gasteiger partial charge in [0.1, 0.15) is 11.8 Å². The van der Waals surface area contributed by atoms with E-state index in [1.807, 2.05) is 38.1 Å². The van der Waals surface area contributed by atoms with Crippen LogP contribution in [0.4, 0.5) is 0 Å². The van der Waals surface area contributed by atoms with Crippen molar-refractivity contribution in [2.75, 3.05) is 6.61 Å². The van der Waals surface area contributed by atoms with Crippen LogP contribution < -0.4 is 10.1 Å². The van der Waals surface area contributed by atoms with E-state index >= 15 is 0 Å². The summed E-state index contributed by atoms with van der Waals surface area (Å²) in [5.41, 5.74) is 2.12. The number of carbonyl (C=O) groups is 2. The average Bonchev–Trinajstić information content (AvgIpc) is 3.27. The maximum atomic E-state index is 13.2. The van der Waals surface area contributed by atoms with Crippen LogP contribution in [0.3, 0.4) is 0 Å². The number of nitrogens with one attached hydrogen (secondary N) is 1. The van der Waals surface area contributed by atoms with E-state index in [0.717, 1.165) is 36.8 Å². The molecule has 0 saturated heterocycles. The molecule has 0 aliphatic heterocycles. The number of benzene rings is 2. The van der Waals surface area contributed by atoms with Crippen molar-refractivity contribution in [3.63, 3.8) is 0 Å². The zero-order chi connectivity index (χ0) is 22.2. The highest BCUT2D eigenvalue weighted by atomic mass is 35.5. The summed E-state index contributed by atoms with van der Waals surface area (Å²) in [4.78, 5) is 27.9. The molecule has 2 aromatic rings. The lowest BCUT2D eigenvalue weighted by molar-refractivity contribution is -0.143. The molecule has 3 rings (SSSR count). The molecule has 1 aliphatic rings. The van der Waals surface area contributed by atoms with Gasteiger partial charge in [0.15, 0.2) is 6.61 Å². The van der Waals surface area contributed by atoms with E-state index in [9.17, 15) is 9.59 Å². The van der Waals surface area contributed by atoms with Gasteiger partial charge in [-0.05, 0) is 43.9 Å². The standard InChI is InChI=1S/C25H31ClN2O3/c1-3-22(25(30)27-20-8-4-5-9-20)28(16-19-14-12-18(2)13-15-19)24(29)17-31-23-11-7-6-10-21(23)26/h6-7,10-15,20,22H,3-5,8-9,16-17H2,1-2H3,(H,27,30)/t22-/m1/s1. The van der Waals surface area contributed by atoms with Crippen LogP contribution in [0.25, 0.3) is 0 Å². The van der Waals surface area contributed by atoms with E-state index in [1.54, 1.807) is 29.2 Å². The van der Waals surface area contributed by atoms with Gasteiger partial charge in [0.2, 0.25) is 5.91 Å². The third kappa shape index (κ3) is 6.47. The van der Waals surface area contributed by atoms with Crippen molar-refractivity contribution < 1.29 is 14.3 Å². The topological polar surface area (TPSA) is 58.6 Å². The molecule has 6 heteroatoms. The maximum absolute atomic E-state index is 13.2. The third-order valence-corrected chi connectivity index (χ3v) is 6.06. The second kappa shape index (κ2) is 11.2. The van der Waals surface area contributed by atoms with Gasteiger partial charge in [-0.1, -0.05) is 73.3 Å². The van der Waals surface area contributed by atoms with Crippen molar-refractivity contribution in [1.82, 2.24) is 10.2 Å². The number of hydrogen-bond acceptors (Lipinski definition) is 3. The second-order valence-corrected chi connectivity index (χ2v) is 8.55. The van der Waals surface area contributed by atoms with Crippen molar-refractivity contribution in [2.45, 2.75) is 64.6 Å². The number of amides is 2. The molecular formula is C25H31ClN2O3. The third-order valence-electron chi connectivity index (χ3n) is 5.75. The minimum absolute atomic E-state index is 0.0902. The maximum Gasteiger partial charge on any atom is 0.261 e. The fourth-order valence-corrected chi connectivity index (χ4v) is 4.15. The SMILES string of the molecule is CC[C@H](C(=O)NC1CCCC1)N(Cc1ccc(C)cc1)C(=O)COc1ccccc1Cl. The minimum atomic E-state index is -0.552. The number of ether oxygens (including phenoxy) is 1. The number of para-hydroxylation sites is 1. The summed E-state index contributed by atoms with van der Waals surface area (Å²) >= 11 is 6.15. The lowest BCUT2D eigenvalue weighted by Gasteiger charge is -2.31. The fourth-order valence-electron chi connectivity index (χ4n) is 3.96. The summed E-state index contributed by atoms with van der Waals surface area (Å²) in [7, 11) is 0. The first-order valence-corrected chi connectivity index (χ1v) is 11.4. The highest BCUT2D eigenvalue weighted by Crippen LogP contribution is 2.24. The van der Waals surface area contributed by atoms with E-state index in [2.05, 4.69) is 5.32 Å². The molecule has 2 aromatic carbocycles. The Hall–Kier alpha value is -2.53. The second-order valence-electron chi connectivity index (χ2n) is 8.14. The van der Waals surface area contributed by atoms with Gasteiger partial charge in [-0.15, -0.1) is 0 Å². The van der Waals surface area contributed by atoms with E-state index < -0.39 is 6.04 Å². The van der Waals surface area contributed by atoms with Crippen LogP contribution in [0.5, 0.6) is 5.75 Å². The first-order chi connectivity index (χ1) is 15.0. The molecule has 0 unspecified atom stereocenters. The Morgan fingerprint density at radius 2 is 1.81 bits per heavy atom. The Bertz CT molecular complexity index is 879. The zero-order valence-corrected chi connectivity index (χ0v) is 19.0. The van der Waals surface area contributed by atoms with Crippen molar-refractivity contribution in [2.24, 2.45) is 0 Å². The van der Waals surface area contributed by atoms with Gasteiger partial charge < -0.3 is 15.0 Å². The molecule has 1 fully saturated rings. The number of halogens is 1. The van der Waals surface area contributed by atoms with Crippen LogP contribution in [0.15, 0.2) is 48.5 Å². The molecular weight excluding hydrogens is 412 g/mol. The summed E-state index contributed by atoms with van der Waals surface area (Å²) in [6.45, 7) is 4.13. The Kier molecular flexibility index (Phi) is 8.35. The van der Waals surface area contributed by atoms with E-state index in [-0.39, 0.29) is 24.5 Å². The van der Waals surface area contributed by atoms with Gasteiger partial charge in [-0.25, -0.2) is 0 Å². The predicted octanol–water partition coefficient (Wildman–Crippen LogP) is 4.89. The molecule has 166 valence electrons. The van der Waals surface area contributed by atoms with Crippen LogP contribution in [0.2, 0.25) is 5.02 Å². The molecule has 0 bridgehead atoms. The van der Waals surface area contributed by atoms with E-state index in [1.165, 1.54) is 0 Å². The predicted molar refractivity (Wildman–Crippen MR) is 123 cm³/mol. The van der Waals surface area contributed by atoms with Gasteiger partial charge in [-0.2, -0.15) is 0 Å². The van der Waals surface area contributed by atoms with Crippen LogP contribution in [0, 0.1) is 6.92 Å². The number of hydrogen-bond donors (Lipinski definition) is 1. The van der Waals surface area contributed by atoms with Crippen molar-refractivity contribution in [3.05, 3.63) is 64.7 Å². The number of carbonyl (C=O) groups excluding carboxylic acids is 2. The van der Waals surface area contributed by atoms with E-state index in [4.69, 9.17) is 16.3 Å². The molecule has 5 nitrogen and oxygen atoms in total. The van der Waals surface area contributed by atoms with Crippen molar-refractivity contribution >= 4 is 23.4 Å². The summed E-state index contributed by atoms with van der Waals surface area (Å²) < 4.78 is 5.69. The number of nitrogens with zero attached hydrogens (tertiary/aromatic N) is 1. The molecule has 1 atom stereocenters. The lowest BCUT2D eigenvalue weighted by Crippen LogP contribution is -2.52. The quantitative estimate of drug-likeness (QED) is 0.601. The summed E-state index contributed by atoms with van der Waals surface area (Å²) in [5.74, 6) is 0.123. The summed E-state index contributed by atoms with van der Waals surface area (Å²) in [6, 6.07) is 14.7. The van der Waals surface area contributed by atoms with Crippen molar-refractivity contribution in [3.8, 4) is 5.75 Å². The van der Waals surface area contributed by atoms with Gasteiger partial charge in [0.05, 0.1) is 5.02 Å². The minimum Gasteiger partial charge on any atom is -0.482 e. The Labute approximate surface area is 189 Å². The number of aryl methyl sites for hydroxylation is 1. The van der Waals surface area contributed by atoms with E-state index in [0.29, 0.717) is 23.7 Å². The monoisotopic (exact) mass is 442 g/mol. The normalized spacial score (nSPS) is 14.8. The molecule has 1 aliphatic carbocycles. The molecule has 1 N–H and O–H groups in total. The van der Waals surface area contributed by atoms with Gasteiger partial charge in [-0.3, -0.25) is 9.59 Å². The lowest BCUT2D eigenvalue weighted by atomic mass is 10.1. The highest BCUT2D eigenvalue weighted by Gasteiger charge is 2.30. The molecule has 1 saturated carbocycles. The summed E-state index contributed by atoms with van der Waals surface area (Å²) in [5, 5.41) is 3.60. The Morgan fingerprint density at radius 1 is 1.13 bits per heavy atom. The van der Waals surface area contributed by atoms with Gasteiger partial charge >= 0.3 is 0 Å².